The molecule has 0 radical (unpaired) electrons. The Morgan fingerprint density at radius 1 is 0.389 bits per heavy atom. The van der Waals surface area contributed by atoms with Crippen LogP contribution in [0.1, 0.15) is 25.0 Å². The van der Waals surface area contributed by atoms with E-state index in [1.165, 1.54) is 44.5 Å². The smallest absolute Gasteiger partial charge is 0.159 e. The minimum absolute atomic E-state index is 0.225. The number of benzene rings is 8. The molecule has 2 aromatic heterocycles. The summed E-state index contributed by atoms with van der Waals surface area (Å²) < 4.78 is 12.8. The van der Waals surface area contributed by atoms with Gasteiger partial charge in [0.05, 0.1) is 5.69 Å². The van der Waals surface area contributed by atoms with Crippen molar-refractivity contribution >= 4 is 60.9 Å². The predicted molar refractivity (Wildman–Crippen MR) is 224 cm³/mol. The zero-order valence-electron chi connectivity index (χ0n) is 30.0. The molecular formula is C51H35NO2. The quantitative estimate of drug-likeness (QED) is 0.180. The van der Waals surface area contributed by atoms with Crippen LogP contribution in [0.15, 0.2) is 185 Å². The third kappa shape index (κ3) is 4.61. The second kappa shape index (κ2) is 11.6. The molecule has 0 saturated heterocycles. The molecule has 10 aromatic rings. The molecule has 0 atom stereocenters. The van der Waals surface area contributed by atoms with Crippen LogP contribution in [0.3, 0.4) is 0 Å². The molecule has 0 bridgehead atoms. The van der Waals surface area contributed by atoms with E-state index in [0.29, 0.717) is 0 Å². The van der Waals surface area contributed by atoms with Gasteiger partial charge in [-0.3, -0.25) is 0 Å². The van der Waals surface area contributed by atoms with Gasteiger partial charge in [0.25, 0.3) is 0 Å². The summed E-state index contributed by atoms with van der Waals surface area (Å²) in [7, 11) is 0. The van der Waals surface area contributed by atoms with Gasteiger partial charge in [0.15, 0.2) is 5.58 Å². The Bertz CT molecular complexity index is 3070. The largest absolute Gasteiger partial charge is 0.456 e. The Hall–Kier alpha value is -6.84. The highest BCUT2D eigenvalue weighted by atomic mass is 16.3. The molecule has 0 unspecified atom stereocenters. The molecule has 0 saturated carbocycles. The second-order valence-electron chi connectivity index (χ2n) is 14.9. The lowest BCUT2D eigenvalue weighted by Gasteiger charge is -2.28. The average molecular weight is 694 g/mol. The Labute approximate surface area is 313 Å². The van der Waals surface area contributed by atoms with Crippen LogP contribution < -0.4 is 4.90 Å². The van der Waals surface area contributed by atoms with E-state index in [0.717, 1.165) is 60.9 Å². The molecule has 1 aliphatic rings. The topological polar surface area (TPSA) is 29.5 Å². The number of anilines is 3. The lowest BCUT2D eigenvalue weighted by molar-refractivity contribution is 0.660. The summed E-state index contributed by atoms with van der Waals surface area (Å²) in [6.07, 6.45) is 0. The Kier molecular flexibility index (Phi) is 6.60. The van der Waals surface area contributed by atoms with Crippen molar-refractivity contribution < 1.29 is 8.83 Å². The van der Waals surface area contributed by atoms with Gasteiger partial charge in [0.2, 0.25) is 0 Å². The molecular weight excluding hydrogens is 659 g/mol. The summed E-state index contributed by atoms with van der Waals surface area (Å²) in [5.41, 5.74) is 16.5. The van der Waals surface area contributed by atoms with E-state index in [2.05, 4.69) is 176 Å². The Morgan fingerprint density at radius 3 is 1.74 bits per heavy atom. The normalized spacial score (nSPS) is 13.1. The summed E-state index contributed by atoms with van der Waals surface area (Å²) in [6, 6.07) is 63.0. The third-order valence-corrected chi connectivity index (χ3v) is 11.5. The number of furan rings is 2. The molecule has 3 heteroatoms. The maximum Gasteiger partial charge on any atom is 0.159 e. The molecule has 2 heterocycles. The number of hydrogen-bond acceptors (Lipinski definition) is 3. The van der Waals surface area contributed by atoms with E-state index in [1.54, 1.807) is 0 Å². The molecule has 0 amide bonds. The summed E-state index contributed by atoms with van der Waals surface area (Å²) in [5.74, 6) is 0. The Morgan fingerprint density at radius 2 is 0.944 bits per heavy atom. The van der Waals surface area contributed by atoms with Crippen LogP contribution in [0.5, 0.6) is 0 Å². The van der Waals surface area contributed by atoms with Gasteiger partial charge in [-0.1, -0.05) is 129 Å². The lowest BCUT2D eigenvalue weighted by atomic mass is 9.81. The molecule has 1 aliphatic carbocycles. The molecule has 54 heavy (non-hydrogen) atoms. The number of rotatable bonds is 5. The Balaban J connectivity index is 1.04. The van der Waals surface area contributed by atoms with Crippen LogP contribution in [-0.2, 0) is 5.41 Å². The molecule has 0 aliphatic heterocycles. The molecule has 8 aromatic carbocycles. The number of nitrogens with zero attached hydrogens (tertiary/aromatic N) is 1. The molecule has 256 valence electrons. The van der Waals surface area contributed by atoms with Crippen LogP contribution >= 0.6 is 0 Å². The first-order valence-electron chi connectivity index (χ1n) is 18.6. The fraction of sp³-hybridized carbons (Fsp3) is 0.0588. The van der Waals surface area contributed by atoms with Gasteiger partial charge in [0.1, 0.15) is 16.7 Å². The van der Waals surface area contributed by atoms with Crippen molar-refractivity contribution in [2.75, 3.05) is 4.90 Å². The van der Waals surface area contributed by atoms with Crippen LogP contribution in [0.2, 0.25) is 0 Å². The maximum atomic E-state index is 6.64. The van der Waals surface area contributed by atoms with E-state index in [9.17, 15) is 0 Å². The number of hydrogen-bond donors (Lipinski definition) is 0. The lowest BCUT2D eigenvalue weighted by Crippen LogP contribution is -2.16. The van der Waals surface area contributed by atoms with Crippen molar-refractivity contribution in [1.82, 2.24) is 0 Å². The van der Waals surface area contributed by atoms with Crippen molar-refractivity contribution in [3.63, 3.8) is 0 Å². The van der Waals surface area contributed by atoms with Crippen LogP contribution in [0.4, 0.5) is 17.1 Å². The van der Waals surface area contributed by atoms with E-state index in [-0.39, 0.29) is 5.41 Å². The first-order chi connectivity index (χ1) is 26.5. The minimum atomic E-state index is -0.225. The van der Waals surface area contributed by atoms with Crippen LogP contribution in [0.25, 0.3) is 77.3 Å². The van der Waals surface area contributed by atoms with Gasteiger partial charge in [-0.2, -0.15) is 0 Å². The zero-order chi connectivity index (χ0) is 36.0. The molecule has 0 spiro atoms. The van der Waals surface area contributed by atoms with E-state index in [1.807, 2.05) is 18.2 Å². The summed E-state index contributed by atoms with van der Waals surface area (Å²) in [5, 5.41) is 4.52. The highest BCUT2D eigenvalue weighted by Gasteiger charge is 2.36. The van der Waals surface area contributed by atoms with Crippen molar-refractivity contribution in [1.29, 1.82) is 0 Å². The van der Waals surface area contributed by atoms with E-state index in [4.69, 9.17) is 8.83 Å². The fourth-order valence-corrected chi connectivity index (χ4v) is 8.72. The van der Waals surface area contributed by atoms with Gasteiger partial charge in [-0.15, -0.1) is 0 Å². The summed E-state index contributed by atoms with van der Waals surface area (Å²) >= 11 is 0. The van der Waals surface area contributed by atoms with E-state index >= 15 is 0 Å². The molecule has 0 N–H and O–H groups in total. The predicted octanol–water partition coefficient (Wildman–Crippen LogP) is 14.6. The van der Waals surface area contributed by atoms with Crippen molar-refractivity contribution in [3.05, 3.63) is 187 Å². The minimum Gasteiger partial charge on any atom is -0.456 e. The van der Waals surface area contributed by atoms with Gasteiger partial charge in [-0.25, -0.2) is 0 Å². The van der Waals surface area contributed by atoms with E-state index < -0.39 is 0 Å². The van der Waals surface area contributed by atoms with Crippen molar-refractivity contribution in [2.24, 2.45) is 0 Å². The maximum absolute atomic E-state index is 6.64. The van der Waals surface area contributed by atoms with Gasteiger partial charge in [-0.05, 0) is 105 Å². The summed E-state index contributed by atoms with van der Waals surface area (Å²) in [4.78, 5) is 2.36. The standard InChI is InChI=1S/C51H35NO2/c1-51(2)44-30-35(34-22-28-49-43(29-34)41-14-7-8-17-47(41)53-49)21-26-38(44)39-27-25-37(31-45(39)51)52(36-23-19-33(20-24-36)32-11-4-3-5-12-32)46-16-10-15-42-40-13-6-9-18-48(40)54-50(42)46/h3-31H,1-2H3. The fourth-order valence-electron chi connectivity index (χ4n) is 8.72. The van der Waals surface area contributed by atoms with Crippen molar-refractivity contribution in [3.8, 4) is 33.4 Å². The summed E-state index contributed by atoms with van der Waals surface area (Å²) in [6.45, 7) is 4.72. The third-order valence-electron chi connectivity index (χ3n) is 11.5. The number of para-hydroxylation sites is 3. The zero-order valence-corrected chi connectivity index (χ0v) is 30.0. The molecule has 11 rings (SSSR count). The first kappa shape index (κ1) is 30.8. The second-order valence-corrected chi connectivity index (χ2v) is 14.9. The highest BCUT2D eigenvalue weighted by molar-refractivity contribution is 6.10. The van der Waals surface area contributed by atoms with Crippen molar-refractivity contribution in [2.45, 2.75) is 19.3 Å². The first-order valence-corrected chi connectivity index (χ1v) is 18.6. The van der Waals surface area contributed by atoms with Gasteiger partial charge in [0, 0.05) is 38.3 Å². The van der Waals surface area contributed by atoms with Crippen LogP contribution in [-0.4, -0.2) is 0 Å². The molecule has 3 nitrogen and oxygen atoms in total. The SMILES string of the molecule is CC1(C)c2cc(-c3ccc4oc5ccccc5c4c3)ccc2-c2ccc(N(c3ccc(-c4ccccc4)cc3)c3cccc4c3oc3ccccc34)cc21. The average Bonchev–Trinajstić information content (AvgIpc) is 3.86. The molecule has 0 fully saturated rings. The van der Waals surface area contributed by atoms with Gasteiger partial charge < -0.3 is 13.7 Å². The number of fused-ring (bicyclic) bond motifs is 9. The van der Waals surface area contributed by atoms with Gasteiger partial charge >= 0.3 is 0 Å². The van der Waals surface area contributed by atoms with Crippen LogP contribution in [0, 0.1) is 0 Å². The monoisotopic (exact) mass is 693 g/mol. The highest BCUT2D eigenvalue weighted by Crippen LogP contribution is 2.52.